The van der Waals surface area contributed by atoms with Crippen LogP contribution in [0.3, 0.4) is 0 Å². The van der Waals surface area contributed by atoms with Gasteiger partial charge in [-0.25, -0.2) is 0 Å². The summed E-state index contributed by atoms with van der Waals surface area (Å²) in [5.41, 5.74) is 6.72. The SMILES string of the molecule is CCc1ccccc1OCC(=O)NNC(=O)C1CCCN1C(=O)Cc1ccccc1. The number of ether oxygens (including phenoxy) is 1. The van der Waals surface area contributed by atoms with Crippen molar-refractivity contribution in [2.45, 2.75) is 38.6 Å². The van der Waals surface area contributed by atoms with E-state index in [1.807, 2.05) is 55.5 Å². The molecule has 1 aliphatic rings. The fourth-order valence-electron chi connectivity index (χ4n) is 3.54. The van der Waals surface area contributed by atoms with Crippen molar-refractivity contribution in [2.75, 3.05) is 13.2 Å². The molecule has 7 heteroatoms. The molecule has 0 aliphatic carbocycles. The number of para-hydroxylation sites is 1. The Bertz CT molecular complexity index is 885. The molecule has 1 aliphatic heterocycles. The topological polar surface area (TPSA) is 87.7 Å². The Morgan fingerprint density at radius 1 is 1.03 bits per heavy atom. The van der Waals surface area contributed by atoms with Crippen molar-refractivity contribution in [2.24, 2.45) is 0 Å². The Balaban J connectivity index is 1.47. The van der Waals surface area contributed by atoms with Crippen LogP contribution in [0, 0.1) is 0 Å². The van der Waals surface area contributed by atoms with E-state index >= 15 is 0 Å². The molecule has 0 spiro atoms. The minimum Gasteiger partial charge on any atom is -0.483 e. The van der Waals surface area contributed by atoms with Gasteiger partial charge in [-0.3, -0.25) is 25.2 Å². The van der Waals surface area contributed by atoms with Crippen LogP contribution < -0.4 is 15.6 Å². The smallest absolute Gasteiger partial charge is 0.276 e. The second-order valence-corrected chi connectivity index (χ2v) is 7.19. The molecule has 0 bridgehead atoms. The van der Waals surface area contributed by atoms with Crippen molar-refractivity contribution >= 4 is 17.7 Å². The number of nitrogens with zero attached hydrogens (tertiary/aromatic N) is 1. The van der Waals surface area contributed by atoms with E-state index in [1.54, 1.807) is 11.0 Å². The Kier molecular flexibility index (Phi) is 7.43. The number of amides is 3. The summed E-state index contributed by atoms with van der Waals surface area (Å²) >= 11 is 0. The van der Waals surface area contributed by atoms with E-state index in [4.69, 9.17) is 4.74 Å². The number of nitrogens with one attached hydrogen (secondary N) is 2. The largest absolute Gasteiger partial charge is 0.483 e. The van der Waals surface area contributed by atoms with Crippen molar-refractivity contribution in [3.05, 3.63) is 65.7 Å². The van der Waals surface area contributed by atoms with E-state index in [0.29, 0.717) is 18.7 Å². The number of rotatable bonds is 7. The lowest BCUT2D eigenvalue weighted by atomic mass is 10.1. The van der Waals surface area contributed by atoms with E-state index in [-0.39, 0.29) is 18.9 Å². The van der Waals surface area contributed by atoms with Crippen LogP contribution in [0.4, 0.5) is 0 Å². The maximum absolute atomic E-state index is 12.6. The molecular weight excluding hydrogens is 382 g/mol. The first-order valence-corrected chi connectivity index (χ1v) is 10.2. The normalized spacial score (nSPS) is 15.5. The Labute approximate surface area is 176 Å². The van der Waals surface area contributed by atoms with Crippen LogP contribution in [-0.4, -0.2) is 41.8 Å². The van der Waals surface area contributed by atoms with E-state index in [9.17, 15) is 14.4 Å². The first-order valence-electron chi connectivity index (χ1n) is 10.2. The number of likely N-dealkylation sites (tertiary alicyclic amines) is 1. The summed E-state index contributed by atoms with van der Waals surface area (Å²) in [5, 5.41) is 0. The Hall–Kier alpha value is -3.35. The minimum atomic E-state index is -0.580. The van der Waals surface area contributed by atoms with Gasteiger partial charge in [-0.15, -0.1) is 0 Å². The highest BCUT2D eigenvalue weighted by atomic mass is 16.5. The highest BCUT2D eigenvalue weighted by molar-refractivity contribution is 5.90. The van der Waals surface area contributed by atoms with Crippen molar-refractivity contribution in [1.29, 1.82) is 0 Å². The number of benzene rings is 2. The molecule has 7 nitrogen and oxygen atoms in total. The number of aryl methyl sites for hydroxylation is 1. The third-order valence-corrected chi connectivity index (χ3v) is 5.11. The van der Waals surface area contributed by atoms with Crippen LogP contribution in [0.2, 0.25) is 0 Å². The molecular formula is C23H27N3O4. The second-order valence-electron chi connectivity index (χ2n) is 7.19. The summed E-state index contributed by atoms with van der Waals surface area (Å²) in [4.78, 5) is 38.8. The predicted molar refractivity (Wildman–Crippen MR) is 112 cm³/mol. The van der Waals surface area contributed by atoms with Crippen LogP contribution in [0.25, 0.3) is 0 Å². The first kappa shape index (κ1) is 21.4. The molecule has 2 N–H and O–H groups in total. The van der Waals surface area contributed by atoms with Gasteiger partial charge in [0.05, 0.1) is 6.42 Å². The summed E-state index contributed by atoms with van der Waals surface area (Å²) in [5.74, 6) is -0.301. The highest BCUT2D eigenvalue weighted by Gasteiger charge is 2.34. The second kappa shape index (κ2) is 10.4. The molecule has 1 unspecified atom stereocenters. The van der Waals surface area contributed by atoms with Gasteiger partial charge in [0.2, 0.25) is 5.91 Å². The molecule has 158 valence electrons. The molecule has 2 aromatic rings. The first-order chi connectivity index (χ1) is 14.6. The number of hydrazine groups is 1. The zero-order chi connectivity index (χ0) is 21.3. The van der Waals surface area contributed by atoms with Crippen LogP contribution in [0.5, 0.6) is 5.75 Å². The lowest BCUT2D eigenvalue weighted by Gasteiger charge is -2.24. The van der Waals surface area contributed by atoms with Crippen molar-refractivity contribution in [3.63, 3.8) is 0 Å². The molecule has 0 radical (unpaired) electrons. The van der Waals surface area contributed by atoms with Gasteiger partial charge in [0, 0.05) is 6.54 Å². The highest BCUT2D eigenvalue weighted by Crippen LogP contribution is 2.19. The summed E-state index contributed by atoms with van der Waals surface area (Å²) in [6.07, 6.45) is 2.37. The van der Waals surface area contributed by atoms with Crippen LogP contribution in [-0.2, 0) is 27.2 Å². The third-order valence-electron chi connectivity index (χ3n) is 5.11. The molecule has 2 aromatic carbocycles. The monoisotopic (exact) mass is 409 g/mol. The zero-order valence-electron chi connectivity index (χ0n) is 17.1. The van der Waals surface area contributed by atoms with Crippen LogP contribution in [0.1, 0.15) is 30.9 Å². The third kappa shape index (κ3) is 5.59. The molecule has 1 saturated heterocycles. The summed E-state index contributed by atoms with van der Waals surface area (Å²) < 4.78 is 5.55. The lowest BCUT2D eigenvalue weighted by Crippen LogP contribution is -2.52. The van der Waals surface area contributed by atoms with Gasteiger partial charge < -0.3 is 9.64 Å². The fourth-order valence-corrected chi connectivity index (χ4v) is 3.54. The average molecular weight is 409 g/mol. The van der Waals surface area contributed by atoms with Crippen LogP contribution >= 0.6 is 0 Å². The van der Waals surface area contributed by atoms with E-state index in [0.717, 1.165) is 24.0 Å². The van der Waals surface area contributed by atoms with Gasteiger partial charge in [-0.05, 0) is 36.5 Å². The number of carbonyl (C=O) groups is 3. The fraction of sp³-hybridized carbons (Fsp3) is 0.348. The Morgan fingerprint density at radius 2 is 1.77 bits per heavy atom. The predicted octanol–water partition coefficient (Wildman–Crippen LogP) is 2.01. The van der Waals surface area contributed by atoms with E-state index < -0.39 is 17.9 Å². The summed E-state index contributed by atoms with van der Waals surface area (Å²) in [6.45, 7) is 2.34. The van der Waals surface area contributed by atoms with Crippen molar-refractivity contribution in [3.8, 4) is 5.75 Å². The molecule has 0 saturated carbocycles. The maximum atomic E-state index is 12.6. The minimum absolute atomic E-state index is 0.0929. The molecule has 30 heavy (non-hydrogen) atoms. The van der Waals surface area contributed by atoms with Gasteiger partial charge in [-0.1, -0.05) is 55.5 Å². The van der Waals surface area contributed by atoms with Gasteiger partial charge in [0.15, 0.2) is 6.61 Å². The van der Waals surface area contributed by atoms with Gasteiger partial charge in [0.25, 0.3) is 11.8 Å². The molecule has 1 atom stereocenters. The molecule has 1 heterocycles. The van der Waals surface area contributed by atoms with Gasteiger partial charge >= 0.3 is 0 Å². The van der Waals surface area contributed by atoms with Crippen LogP contribution in [0.15, 0.2) is 54.6 Å². The van der Waals surface area contributed by atoms with Crippen molar-refractivity contribution in [1.82, 2.24) is 15.8 Å². The molecule has 1 fully saturated rings. The zero-order valence-corrected chi connectivity index (χ0v) is 17.1. The maximum Gasteiger partial charge on any atom is 0.276 e. The van der Waals surface area contributed by atoms with Crippen molar-refractivity contribution < 1.29 is 19.1 Å². The number of hydrogen-bond donors (Lipinski definition) is 2. The van der Waals surface area contributed by atoms with Gasteiger partial charge in [-0.2, -0.15) is 0 Å². The van der Waals surface area contributed by atoms with E-state index in [2.05, 4.69) is 10.9 Å². The Morgan fingerprint density at radius 3 is 2.53 bits per heavy atom. The summed E-state index contributed by atoms with van der Waals surface area (Å²) in [7, 11) is 0. The van der Waals surface area contributed by atoms with E-state index in [1.165, 1.54) is 0 Å². The molecule has 3 amide bonds. The number of carbonyl (C=O) groups excluding carboxylic acids is 3. The average Bonchev–Trinajstić information content (AvgIpc) is 3.27. The summed E-state index contributed by atoms with van der Waals surface area (Å²) in [6, 6.07) is 16.4. The quantitative estimate of drug-likeness (QED) is 0.685. The number of hydrogen-bond acceptors (Lipinski definition) is 4. The molecule has 0 aromatic heterocycles. The molecule has 3 rings (SSSR count). The van der Waals surface area contributed by atoms with Gasteiger partial charge in [0.1, 0.15) is 11.8 Å². The lowest BCUT2D eigenvalue weighted by molar-refractivity contribution is -0.139. The standard InChI is InChI=1S/C23H27N3O4/c1-2-18-11-6-7-13-20(18)30-16-21(27)24-25-23(29)19-12-8-14-26(19)22(28)15-17-9-4-3-5-10-17/h3-7,9-11,13,19H,2,8,12,14-16H2,1H3,(H,24,27)(H,25,29).